The van der Waals surface area contributed by atoms with Gasteiger partial charge in [0.2, 0.25) is 5.91 Å². The Morgan fingerprint density at radius 3 is 2.35 bits per heavy atom. The van der Waals surface area contributed by atoms with Crippen molar-refractivity contribution in [3.05, 3.63) is 130 Å². The molecule has 0 bridgehead atoms. The number of methoxy groups -OCH3 is 1. The first-order valence-electron chi connectivity index (χ1n) is 15.3. The number of carbonyl (C=O) groups is 2. The molecule has 46 heavy (non-hydrogen) atoms. The number of anilines is 1. The Hall–Kier alpha value is -4.51. The number of para-hydroxylation sites is 1. The fraction of sp³-hybridized carbons (Fsp3) is 0.250. The monoisotopic (exact) mass is 681 g/mol. The molecular weight excluding hydrogens is 646 g/mol. The zero-order valence-electron chi connectivity index (χ0n) is 25.4. The van der Waals surface area contributed by atoms with E-state index in [1.165, 1.54) is 7.11 Å². The maximum atomic E-state index is 14.0. The normalized spacial score (nSPS) is 17.0. The van der Waals surface area contributed by atoms with Gasteiger partial charge in [-0.3, -0.25) is 4.79 Å². The van der Waals surface area contributed by atoms with Gasteiger partial charge in [0.1, 0.15) is 11.9 Å². The summed E-state index contributed by atoms with van der Waals surface area (Å²) in [5, 5.41) is 9.49. The predicted molar refractivity (Wildman–Crippen MR) is 182 cm³/mol. The summed E-state index contributed by atoms with van der Waals surface area (Å²) in [6.45, 7) is 1.19. The van der Waals surface area contributed by atoms with Gasteiger partial charge < -0.3 is 30.4 Å². The van der Waals surface area contributed by atoms with E-state index in [9.17, 15) is 9.59 Å². The summed E-state index contributed by atoms with van der Waals surface area (Å²) in [5.74, 6) is 0.0717. The molecule has 2 heterocycles. The lowest BCUT2D eigenvalue weighted by Crippen LogP contribution is -2.48. The van der Waals surface area contributed by atoms with E-state index in [-0.39, 0.29) is 18.1 Å². The zero-order chi connectivity index (χ0) is 31.9. The number of aryl methyl sites for hydroxylation is 1. The topological polar surface area (TPSA) is 117 Å². The van der Waals surface area contributed by atoms with Crippen LogP contribution in [-0.2, 0) is 20.7 Å². The molecule has 1 aromatic heterocycles. The quantitative estimate of drug-likeness (QED) is 0.134. The van der Waals surface area contributed by atoms with E-state index in [2.05, 4.69) is 36.9 Å². The Balaban J connectivity index is 1.14. The highest BCUT2D eigenvalue weighted by Crippen LogP contribution is 2.30. The van der Waals surface area contributed by atoms with Crippen molar-refractivity contribution in [3.63, 3.8) is 0 Å². The van der Waals surface area contributed by atoms with Crippen LogP contribution in [-0.4, -0.2) is 54.4 Å². The lowest BCUT2D eigenvalue weighted by Gasteiger charge is -2.30. The average Bonchev–Trinajstić information content (AvgIpc) is 3.52. The fourth-order valence-corrected chi connectivity index (χ4v) is 6.28. The van der Waals surface area contributed by atoms with Crippen LogP contribution >= 0.6 is 15.9 Å². The maximum absolute atomic E-state index is 14.0. The van der Waals surface area contributed by atoms with Crippen LogP contribution in [0.5, 0.6) is 0 Å². The van der Waals surface area contributed by atoms with E-state index in [0.717, 1.165) is 44.4 Å². The van der Waals surface area contributed by atoms with Gasteiger partial charge in [0, 0.05) is 22.6 Å². The lowest BCUT2D eigenvalue weighted by atomic mass is 9.84. The number of imidazole rings is 1. The number of alkyl carbamates (subject to hydrolysis) is 1. The highest BCUT2D eigenvalue weighted by Gasteiger charge is 2.33. The Bertz CT molecular complexity index is 1730. The van der Waals surface area contributed by atoms with Crippen LogP contribution < -0.4 is 16.0 Å². The van der Waals surface area contributed by atoms with Crippen molar-refractivity contribution in [2.45, 2.75) is 36.9 Å². The molecule has 0 radical (unpaired) electrons. The SMILES string of the molecule is COC(=O)NC(C(=O)Nc1ccccc1CC[C@@H]1CN[C@H](c2nc3ccc(Br)cc3[nH]2)CO1)C(c1ccccc1)c1ccccc1. The van der Waals surface area contributed by atoms with Gasteiger partial charge in [-0.2, -0.15) is 0 Å². The van der Waals surface area contributed by atoms with Gasteiger partial charge in [-0.05, 0) is 53.8 Å². The molecule has 1 saturated heterocycles. The minimum absolute atomic E-state index is 0.00723. The summed E-state index contributed by atoms with van der Waals surface area (Å²) in [6.07, 6.45) is 0.788. The van der Waals surface area contributed by atoms with Crippen LogP contribution in [0.15, 0.2) is 108 Å². The smallest absolute Gasteiger partial charge is 0.407 e. The summed E-state index contributed by atoms with van der Waals surface area (Å²) in [6, 6.07) is 32.2. The number of ether oxygens (including phenoxy) is 2. The van der Waals surface area contributed by atoms with E-state index < -0.39 is 18.1 Å². The molecule has 1 fully saturated rings. The van der Waals surface area contributed by atoms with Crippen molar-refractivity contribution in [2.75, 3.05) is 25.6 Å². The molecule has 236 valence electrons. The number of benzene rings is 4. The lowest BCUT2D eigenvalue weighted by molar-refractivity contribution is -0.118. The molecule has 10 heteroatoms. The third-order valence-electron chi connectivity index (χ3n) is 8.29. The highest BCUT2D eigenvalue weighted by atomic mass is 79.9. The van der Waals surface area contributed by atoms with Gasteiger partial charge in [-0.15, -0.1) is 0 Å². The first-order valence-corrected chi connectivity index (χ1v) is 16.1. The molecule has 0 aliphatic carbocycles. The van der Waals surface area contributed by atoms with E-state index in [4.69, 9.17) is 14.5 Å². The molecule has 1 unspecified atom stereocenters. The standard InChI is InChI=1S/C36H36BrN5O4/c1-45-36(44)42-33(32(24-11-4-2-5-12-24)25-13-6-3-7-14-25)35(43)41-28-15-9-8-10-23(28)16-18-27-21-38-31(22-46-27)34-39-29-19-17-26(37)20-30(29)40-34/h2-15,17,19-20,27,31-33,38H,16,18,21-22H2,1H3,(H,39,40)(H,41,43)(H,42,44)/t27-,31+,33?/m1/s1. The van der Waals surface area contributed by atoms with Crippen LogP contribution in [0, 0.1) is 0 Å². The van der Waals surface area contributed by atoms with Crippen LogP contribution in [0.3, 0.4) is 0 Å². The van der Waals surface area contributed by atoms with Crippen LogP contribution in [0.2, 0.25) is 0 Å². The molecule has 0 spiro atoms. The number of rotatable bonds is 10. The van der Waals surface area contributed by atoms with Crippen molar-refractivity contribution in [1.29, 1.82) is 0 Å². The molecular formula is C36H36BrN5O4. The van der Waals surface area contributed by atoms with Crippen LogP contribution in [0.1, 0.15) is 40.9 Å². The molecule has 5 aromatic rings. The number of halogens is 1. The minimum atomic E-state index is -0.938. The summed E-state index contributed by atoms with van der Waals surface area (Å²) in [4.78, 5) is 34.7. The van der Waals surface area contributed by atoms with E-state index in [0.29, 0.717) is 25.3 Å². The summed E-state index contributed by atoms with van der Waals surface area (Å²) in [7, 11) is 1.29. The molecule has 3 atom stereocenters. The molecule has 0 saturated carbocycles. The number of H-pyrrole nitrogens is 1. The fourth-order valence-electron chi connectivity index (χ4n) is 5.92. The summed E-state index contributed by atoms with van der Waals surface area (Å²) < 4.78 is 12.2. The number of hydrogen-bond acceptors (Lipinski definition) is 6. The Kier molecular flexibility index (Phi) is 10.1. The van der Waals surface area contributed by atoms with Crippen molar-refractivity contribution in [1.82, 2.24) is 20.6 Å². The largest absolute Gasteiger partial charge is 0.453 e. The maximum Gasteiger partial charge on any atom is 0.407 e. The predicted octanol–water partition coefficient (Wildman–Crippen LogP) is 6.48. The van der Waals surface area contributed by atoms with Crippen molar-refractivity contribution < 1.29 is 19.1 Å². The highest BCUT2D eigenvalue weighted by molar-refractivity contribution is 9.10. The van der Waals surface area contributed by atoms with Crippen molar-refractivity contribution in [3.8, 4) is 0 Å². The van der Waals surface area contributed by atoms with Gasteiger partial charge >= 0.3 is 6.09 Å². The average molecular weight is 683 g/mol. The first kappa shape index (κ1) is 31.5. The Labute approximate surface area is 276 Å². The van der Waals surface area contributed by atoms with E-state index in [1.807, 2.05) is 103 Å². The Morgan fingerprint density at radius 1 is 0.978 bits per heavy atom. The molecule has 4 N–H and O–H groups in total. The number of aromatic amines is 1. The zero-order valence-corrected chi connectivity index (χ0v) is 27.0. The molecule has 9 nitrogen and oxygen atoms in total. The number of carbonyl (C=O) groups excluding carboxylic acids is 2. The molecule has 4 aromatic carbocycles. The van der Waals surface area contributed by atoms with Gasteiger partial charge in [-0.25, -0.2) is 9.78 Å². The number of nitrogens with one attached hydrogen (secondary N) is 4. The molecule has 1 aliphatic rings. The summed E-state index contributed by atoms with van der Waals surface area (Å²) in [5.41, 5.74) is 5.37. The summed E-state index contributed by atoms with van der Waals surface area (Å²) >= 11 is 3.51. The van der Waals surface area contributed by atoms with E-state index in [1.54, 1.807) is 0 Å². The number of aromatic nitrogens is 2. The number of fused-ring (bicyclic) bond motifs is 1. The first-order chi connectivity index (χ1) is 22.5. The van der Waals surface area contributed by atoms with Crippen LogP contribution in [0.25, 0.3) is 11.0 Å². The van der Waals surface area contributed by atoms with Gasteiger partial charge in [0.15, 0.2) is 0 Å². The van der Waals surface area contributed by atoms with Crippen LogP contribution in [0.4, 0.5) is 10.5 Å². The number of hydrogen-bond donors (Lipinski definition) is 4. The minimum Gasteiger partial charge on any atom is -0.453 e. The van der Waals surface area contributed by atoms with Crippen molar-refractivity contribution in [2.24, 2.45) is 0 Å². The van der Waals surface area contributed by atoms with Gasteiger partial charge in [-0.1, -0.05) is 94.8 Å². The second-order valence-electron chi connectivity index (χ2n) is 11.3. The number of nitrogens with zero attached hydrogens (tertiary/aromatic N) is 1. The van der Waals surface area contributed by atoms with Gasteiger partial charge in [0.25, 0.3) is 0 Å². The third-order valence-corrected chi connectivity index (χ3v) is 8.78. The molecule has 6 rings (SSSR count). The van der Waals surface area contributed by atoms with Crippen molar-refractivity contribution >= 4 is 44.7 Å². The second-order valence-corrected chi connectivity index (χ2v) is 12.2. The third kappa shape index (κ3) is 7.47. The number of amides is 2. The molecule has 1 aliphatic heterocycles. The second kappa shape index (κ2) is 14.7. The van der Waals surface area contributed by atoms with E-state index >= 15 is 0 Å². The van der Waals surface area contributed by atoms with Gasteiger partial charge in [0.05, 0.1) is 36.9 Å². The Morgan fingerprint density at radius 2 is 1.67 bits per heavy atom. The molecule has 2 amide bonds. The number of morpholine rings is 1.